The van der Waals surface area contributed by atoms with Crippen LogP contribution in [-0.2, 0) is 0 Å². The van der Waals surface area contributed by atoms with Crippen LogP contribution in [0, 0.1) is 5.92 Å². The predicted molar refractivity (Wildman–Crippen MR) is 38.9 cm³/mol. The Morgan fingerprint density at radius 2 is 2.33 bits per heavy atom. The fourth-order valence-electron chi connectivity index (χ4n) is 2.13. The lowest BCUT2D eigenvalue weighted by molar-refractivity contribution is 0.538. The second-order valence-electron chi connectivity index (χ2n) is 3.40. The molecule has 1 aliphatic carbocycles. The average Bonchev–Trinajstić information content (AvgIpc) is 2.11. The number of nitrogens with zero attached hydrogens (tertiary/aromatic N) is 1. The molecular formula is C8H13N. The van der Waals surface area contributed by atoms with Gasteiger partial charge in [-0.05, 0) is 38.5 Å². The molecule has 2 rings (SSSR count). The Kier molecular flexibility index (Phi) is 1.11. The van der Waals surface area contributed by atoms with Gasteiger partial charge in [0.15, 0.2) is 0 Å². The quantitative estimate of drug-likeness (QED) is 0.467. The van der Waals surface area contributed by atoms with Gasteiger partial charge in [0.05, 0.1) is 6.04 Å². The highest BCUT2D eigenvalue weighted by Crippen LogP contribution is 2.34. The zero-order chi connectivity index (χ0) is 6.27. The van der Waals surface area contributed by atoms with Crippen LogP contribution in [0.15, 0.2) is 4.99 Å². The van der Waals surface area contributed by atoms with E-state index >= 15 is 0 Å². The summed E-state index contributed by atoms with van der Waals surface area (Å²) >= 11 is 0. The van der Waals surface area contributed by atoms with Crippen LogP contribution < -0.4 is 0 Å². The molecular weight excluding hydrogens is 110 g/mol. The van der Waals surface area contributed by atoms with Gasteiger partial charge in [0.2, 0.25) is 0 Å². The molecule has 1 aliphatic heterocycles. The first-order valence-corrected chi connectivity index (χ1v) is 3.88. The molecule has 0 N–H and O–H groups in total. The summed E-state index contributed by atoms with van der Waals surface area (Å²) in [5.74, 6) is 1.01. The van der Waals surface area contributed by atoms with Crippen LogP contribution in [0.3, 0.4) is 0 Å². The molecule has 0 amide bonds. The van der Waals surface area contributed by atoms with Crippen molar-refractivity contribution >= 4 is 5.71 Å². The zero-order valence-electron chi connectivity index (χ0n) is 5.93. The van der Waals surface area contributed by atoms with E-state index in [2.05, 4.69) is 11.9 Å². The fraction of sp³-hybridized carbons (Fsp3) is 0.875. The molecule has 1 heteroatoms. The van der Waals surface area contributed by atoms with E-state index in [0.29, 0.717) is 0 Å². The van der Waals surface area contributed by atoms with E-state index in [1.165, 1.54) is 31.4 Å². The highest BCUT2D eigenvalue weighted by atomic mass is 14.8. The Morgan fingerprint density at radius 1 is 1.44 bits per heavy atom. The van der Waals surface area contributed by atoms with E-state index in [0.717, 1.165) is 12.0 Å². The third kappa shape index (κ3) is 0.887. The lowest BCUT2D eigenvalue weighted by Crippen LogP contribution is -2.11. The van der Waals surface area contributed by atoms with Gasteiger partial charge in [0, 0.05) is 5.71 Å². The molecule has 9 heavy (non-hydrogen) atoms. The largest absolute Gasteiger partial charge is 0.291 e. The van der Waals surface area contributed by atoms with Gasteiger partial charge < -0.3 is 0 Å². The zero-order valence-corrected chi connectivity index (χ0v) is 5.93. The first kappa shape index (κ1) is 5.45. The molecule has 0 saturated heterocycles. The minimum Gasteiger partial charge on any atom is -0.291 e. The van der Waals surface area contributed by atoms with Gasteiger partial charge >= 0.3 is 0 Å². The Bertz CT molecular complexity index is 149. The number of rotatable bonds is 0. The first-order chi connectivity index (χ1) is 4.34. The molecule has 50 valence electrons. The van der Waals surface area contributed by atoms with Crippen molar-refractivity contribution in [3.8, 4) is 0 Å². The van der Waals surface area contributed by atoms with Crippen molar-refractivity contribution in [3.05, 3.63) is 0 Å². The summed E-state index contributed by atoms with van der Waals surface area (Å²) in [7, 11) is 0. The Labute approximate surface area is 56.2 Å². The highest BCUT2D eigenvalue weighted by molar-refractivity contribution is 5.83. The molecule has 2 aliphatic rings. The van der Waals surface area contributed by atoms with Gasteiger partial charge in [-0.15, -0.1) is 0 Å². The maximum absolute atomic E-state index is 4.56. The summed E-state index contributed by atoms with van der Waals surface area (Å²) in [6.07, 6.45) is 5.47. The number of fused-ring (bicyclic) bond motifs is 2. The van der Waals surface area contributed by atoms with Crippen molar-refractivity contribution in [2.75, 3.05) is 0 Å². The second kappa shape index (κ2) is 1.83. The Hall–Kier alpha value is -0.330. The van der Waals surface area contributed by atoms with Gasteiger partial charge in [-0.1, -0.05) is 0 Å². The van der Waals surface area contributed by atoms with Crippen LogP contribution in [0.1, 0.15) is 32.6 Å². The highest BCUT2D eigenvalue weighted by Gasteiger charge is 2.28. The summed E-state index contributed by atoms with van der Waals surface area (Å²) in [6.45, 7) is 2.17. The summed E-state index contributed by atoms with van der Waals surface area (Å²) in [6, 6.07) is 0.726. The molecule has 2 atom stereocenters. The number of hydrogen-bond donors (Lipinski definition) is 0. The number of aliphatic imine (C=N–C) groups is 1. The summed E-state index contributed by atoms with van der Waals surface area (Å²) in [5, 5.41) is 0. The summed E-state index contributed by atoms with van der Waals surface area (Å²) < 4.78 is 0. The molecule has 0 aromatic rings. The minimum absolute atomic E-state index is 0.726. The Morgan fingerprint density at radius 3 is 3.11 bits per heavy atom. The molecule has 2 unspecified atom stereocenters. The van der Waals surface area contributed by atoms with E-state index in [1.54, 1.807) is 0 Å². The van der Waals surface area contributed by atoms with E-state index in [-0.39, 0.29) is 0 Å². The molecule has 1 fully saturated rings. The van der Waals surface area contributed by atoms with Gasteiger partial charge in [-0.25, -0.2) is 0 Å². The molecule has 2 bridgehead atoms. The van der Waals surface area contributed by atoms with Crippen molar-refractivity contribution in [1.29, 1.82) is 0 Å². The van der Waals surface area contributed by atoms with Crippen LogP contribution in [0.25, 0.3) is 0 Å². The topological polar surface area (TPSA) is 12.4 Å². The van der Waals surface area contributed by atoms with Gasteiger partial charge in [0.1, 0.15) is 0 Å². The predicted octanol–water partition coefficient (Wildman–Crippen LogP) is 2.02. The lowest BCUT2D eigenvalue weighted by atomic mass is 9.99. The average molecular weight is 123 g/mol. The molecule has 0 aromatic heterocycles. The van der Waals surface area contributed by atoms with Gasteiger partial charge in [-0.2, -0.15) is 0 Å². The van der Waals surface area contributed by atoms with Crippen molar-refractivity contribution in [2.24, 2.45) is 10.9 Å². The maximum Gasteiger partial charge on any atom is 0.0501 e. The smallest absolute Gasteiger partial charge is 0.0501 e. The Balaban J connectivity index is 2.19. The van der Waals surface area contributed by atoms with Crippen LogP contribution in [-0.4, -0.2) is 11.8 Å². The molecule has 1 heterocycles. The maximum atomic E-state index is 4.56. The van der Waals surface area contributed by atoms with E-state index in [4.69, 9.17) is 0 Å². The van der Waals surface area contributed by atoms with Crippen LogP contribution in [0.2, 0.25) is 0 Å². The van der Waals surface area contributed by atoms with Crippen LogP contribution in [0.5, 0.6) is 0 Å². The first-order valence-electron chi connectivity index (χ1n) is 3.88. The summed E-state index contributed by atoms with van der Waals surface area (Å²) in [4.78, 5) is 4.56. The second-order valence-corrected chi connectivity index (χ2v) is 3.40. The van der Waals surface area contributed by atoms with E-state index in [1.807, 2.05) is 0 Å². The SMILES string of the molecule is CC1=NC2CCC(C1)C2. The molecule has 0 radical (unpaired) electrons. The third-order valence-corrected chi connectivity index (χ3v) is 2.50. The van der Waals surface area contributed by atoms with Crippen molar-refractivity contribution in [2.45, 2.75) is 38.6 Å². The lowest BCUT2D eigenvalue weighted by Gasteiger charge is -2.14. The van der Waals surface area contributed by atoms with E-state index < -0.39 is 0 Å². The fourth-order valence-corrected chi connectivity index (χ4v) is 2.13. The van der Waals surface area contributed by atoms with Gasteiger partial charge in [-0.3, -0.25) is 4.99 Å². The molecule has 1 saturated carbocycles. The standard InChI is InChI=1S/C8H13N/c1-6-4-7-2-3-8(5-7)9-6/h7-8H,2-5H2,1H3. The molecule has 0 aromatic carbocycles. The van der Waals surface area contributed by atoms with Gasteiger partial charge in [0.25, 0.3) is 0 Å². The van der Waals surface area contributed by atoms with Crippen molar-refractivity contribution in [1.82, 2.24) is 0 Å². The van der Waals surface area contributed by atoms with Crippen LogP contribution >= 0.6 is 0 Å². The normalized spacial score (nSPS) is 40.8. The number of hydrogen-bond acceptors (Lipinski definition) is 1. The minimum atomic E-state index is 0.726. The molecule has 1 nitrogen and oxygen atoms in total. The van der Waals surface area contributed by atoms with Crippen molar-refractivity contribution < 1.29 is 0 Å². The third-order valence-electron chi connectivity index (χ3n) is 2.50. The van der Waals surface area contributed by atoms with Crippen molar-refractivity contribution in [3.63, 3.8) is 0 Å². The molecule has 0 spiro atoms. The van der Waals surface area contributed by atoms with E-state index in [9.17, 15) is 0 Å². The van der Waals surface area contributed by atoms with Crippen LogP contribution in [0.4, 0.5) is 0 Å². The monoisotopic (exact) mass is 123 g/mol. The summed E-state index contributed by atoms with van der Waals surface area (Å²) in [5.41, 5.74) is 1.40.